The van der Waals surface area contributed by atoms with E-state index in [1.165, 1.54) is 10.9 Å². The van der Waals surface area contributed by atoms with E-state index in [1.54, 1.807) is 31.3 Å². The number of benzene rings is 1. The molecule has 102 valence electrons. The molecule has 0 saturated carbocycles. The highest BCUT2D eigenvalue weighted by Crippen LogP contribution is 2.19. The fourth-order valence-corrected chi connectivity index (χ4v) is 3.12. The summed E-state index contributed by atoms with van der Waals surface area (Å²) in [6.45, 7) is 0.121. The zero-order valence-corrected chi connectivity index (χ0v) is 12.3. The first kappa shape index (κ1) is 14.3. The maximum absolute atomic E-state index is 12.0. The average Bonchev–Trinajstić information content (AvgIpc) is 2.68. The van der Waals surface area contributed by atoms with Crippen LogP contribution < -0.4 is 4.72 Å². The van der Waals surface area contributed by atoms with Gasteiger partial charge >= 0.3 is 0 Å². The Bertz CT molecular complexity index is 698. The lowest BCUT2D eigenvalue weighted by atomic mass is 10.2. The molecular weight excluding hydrogens is 309 g/mol. The molecule has 0 fully saturated rings. The molecule has 1 aromatic heterocycles. The van der Waals surface area contributed by atoms with E-state index in [9.17, 15) is 8.42 Å². The molecule has 1 N–H and O–H groups in total. The van der Waals surface area contributed by atoms with Gasteiger partial charge < -0.3 is 4.57 Å². The van der Waals surface area contributed by atoms with Gasteiger partial charge in [0.05, 0.1) is 6.33 Å². The summed E-state index contributed by atoms with van der Waals surface area (Å²) in [5.41, 5.74) is 0.753. The lowest BCUT2D eigenvalue weighted by molar-refractivity contribution is 0.578. The average molecular weight is 320 g/mol. The van der Waals surface area contributed by atoms with E-state index in [0.717, 1.165) is 5.56 Å². The Balaban J connectivity index is 2.17. The maximum Gasteiger partial charge on any atom is 0.261 e. The molecule has 19 heavy (non-hydrogen) atoms. The van der Waals surface area contributed by atoms with E-state index in [4.69, 9.17) is 23.2 Å². The standard InChI is InChI=1S/C11H11Cl2N3O2S/c1-16-7-14-11(10(16)13)19(17,18)15-6-8-3-2-4-9(12)5-8/h2-5,7,15H,6H2,1H3. The highest BCUT2D eigenvalue weighted by atomic mass is 35.5. The van der Waals surface area contributed by atoms with Crippen LogP contribution >= 0.6 is 23.2 Å². The zero-order valence-electron chi connectivity index (χ0n) is 9.97. The van der Waals surface area contributed by atoms with Crippen molar-refractivity contribution in [2.75, 3.05) is 0 Å². The van der Waals surface area contributed by atoms with E-state index in [0.29, 0.717) is 5.02 Å². The van der Waals surface area contributed by atoms with Gasteiger partial charge in [-0.3, -0.25) is 0 Å². The summed E-state index contributed by atoms with van der Waals surface area (Å²) in [6.07, 6.45) is 1.34. The van der Waals surface area contributed by atoms with Crippen molar-refractivity contribution in [2.24, 2.45) is 7.05 Å². The van der Waals surface area contributed by atoms with Crippen molar-refractivity contribution >= 4 is 33.2 Å². The van der Waals surface area contributed by atoms with E-state index in [1.807, 2.05) is 0 Å². The Morgan fingerprint density at radius 3 is 2.68 bits per heavy atom. The van der Waals surface area contributed by atoms with Gasteiger partial charge in [-0.25, -0.2) is 18.1 Å². The molecule has 8 heteroatoms. The van der Waals surface area contributed by atoms with Crippen LogP contribution in [0.4, 0.5) is 0 Å². The van der Waals surface area contributed by atoms with Crippen molar-refractivity contribution in [2.45, 2.75) is 11.6 Å². The third-order valence-corrected chi connectivity index (χ3v) is 4.57. The number of aryl methyl sites for hydroxylation is 1. The number of nitrogens with one attached hydrogen (secondary N) is 1. The van der Waals surface area contributed by atoms with Gasteiger partial charge in [-0.05, 0) is 17.7 Å². The molecule has 0 spiro atoms. The number of hydrogen-bond donors (Lipinski definition) is 1. The summed E-state index contributed by atoms with van der Waals surface area (Å²) in [7, 11) is -2.12. The number of rotatable bonds is 4. The van der Waals surface area contributed by atoms with E-state index < -0.39 is 10.0 Å². The van der Waals surface area contributed by atoms with Crippen LogP contribution in [0, 0.1) is 0 Å². The molecule has 0 amide bonds. The van der Waals surface area contributed by atoms with Crippen molar-refractivity contribution in [1.82, 2.24) is 14.3 Å². The second-order valence-corrected chi connectivity index (χ2v) is 6.38. The van der Waals surface area contributed by atoms with Crippen LogP contribution in [0.1, 0.15) is 5.56 Å². The Morgan fingerprint density at radius 1 is 1.37 bits per heavy atom. The number of halogens is 2. The lowest BCUT2D eigenvalue weighted by Crippen LogP contribution is -2.24. The molecule has 2 rings (SSSR count). The summed E-state index contributed by atoms with van der Waals surface area (Å²) < 4.78 is 27.9. The van der Waals surface area contributed by atoms with Crippen LogP contribution in [0.15, 0.2) is 35.6 Å². The topological polar surface area (TPSA) is 64.0 Å². The number of sulfonamides is 1. The molecule has 1 heterocycles. The summed E-state index contributed by atoms with van der Waals surface area (Å²) in [5, 5.41) is 0.435. The lowest BCUT2D eigenvalue weighted by Gasteiger charge is -2.05. The Labute approximate surface area is 121 Å². The first-order valence-corrected chi connectivity index (χ1v) is 7.55. The van der Waals surface area contributed by atoms with Crippen molar-refractivity contribution in [1.29, 1.82) is 0 Å². The predicted octanol–water partition coefficient (Wildman–Crippen LogP) is 2.21. The first-order valence-electron chi connectivity index (χ1n) is 5.31. The van der Waals surface area contributed by atoms with Gasteiger partial charge in [0.25, 0.3) is 10.0 Å². The molecule has 0 aliphatic carbocycles. The monoisotopic (exact) mass is 319 g/mol. The van der Waals surface area contributed by atoms with Crippen LogP contribution in [0.25, 0.3) is 0 Å². The van der Waals surface area contributed by atoms with Crippen molar-refractivity contribution in [3.05, 3.63) is 46.3 Å². The van der Waals surface area contributed by atoms with E-state index >= 15 is 0 Å². The number of nitrogens with zero attached hydrogens (tertiary/aromatic N) is 2. The van der Waals surface area contributed by atoms with E-state index in [-0.39, 0.29) is 16.7 Å². The number of aromatic nitrogens is 2. The number of imidazole rings is 1. The molecular formula is C11H11Cl2N3O2S. The van der Waals surface area contributed by atoms with Gasteiger partial charge in [-0.1, -0.05) is 35.3 Å². The van der Waals surface area contributed by atoms with Crippen LogP contribution in [0.2, 0.25) is 10.2 Å². The molecule has 0 saturated heterocycles. The molecule has 2 aromatic rings. The van der Waals surface area contributed by atoms with Crippen molar-refractivity contribution in [3.8, 4) is 0 Å². The first-order chi connectivity index (χ1) is 8.90. The van der Waals surface area contributed by atoms with Crippen LogP contribution in [-0.2, 0) is 23.6 Å². The molecule has 0 radical (unpaired) electrons. The van der Waals surface area contributed by atoms with Crippen LogP contribution in [-0.4, -0.2) is 18.0 Å². The molecule has 0 bridgehead atoms. The van der Waals surface area contributed by atoms with Crippen molar-refractivity contribution in [3.63, 3.8) is 0 Å². The summed E-state index contributed by atoms with van der Waals surface area (Å²) >= 11 is 11.7. The van der Waals surface area contributed by atoms with Gasteiger partial charge in [-0.2, -0.15) is 0 Å². The Hall–Kier alpha value is -1.08. The second kappa shape index (κ2) is 5.50. The highest BCUT2D eigenvalue weighted by Gasteiger charge is 2.21. The van der Waals surface area contributed by atoms with Gasteiger partial charge in [0, 0.05) is 18.6 Å². The summed E-state index contributed by atoms with van der Waals surface area (Å²) in [6, 6.07) is 6.92. The number of hydrogen-bond acceptors (Lipinski definition) is 3. The fraction of sp³-hybridized carbons (Fsp3) is 0.182. The normalized spacial score (nSPS) is 11.7. The van der Waals surface area contributed by atoms with Gasteiger partial charge in [0.1, 0.15) is 5.15 Å². The quantitative estimate of drug-likeness (QED) is 0.939. The van der Waals surface area contributed by atoms with Gasteiger partial charge in [0.15, 0.2) is 0 Å². The van der Waals surface area contributed by atoms with Crippen LogP contribution in [0.3, 0.4) is 0 Å². The van der Waals surface area contributed by atoms with E-state index in [2.05, 4.69) is 9.71 Å². The zero-order chi connectivity index (χ0) is 14.0. The Morgan fingerprint density at radius 2 is 2.11 bits per heavy atom. The van der Waals surface area contributed by atoms with Gasteiger partial charge in [-0.15, -0.1) is 0 Å². The molecule has 1 aromatic carbocycles. The highest BCUT2D eigenvalue weighted by molar-refractivity contribution is 7.89. The third-order valence-electron chi connectivity index (χ3n) is 2.44. The smallest absolute Gasteiger partial charge is 0.261 e. The third kappa shape index (κ3) is 3.27. The molecule has 0 aliphatic rings. The summed E-state index contributed by atoms with van der Waals surface area (Å²) in [5.74, 6) is 0. The minimum Gasteiger partial charge on any atom is -0.324 e. The Kier molecular flexibility index (Phi) is 4.15. The van der Waals surface area contributed by atoms with Gasteiger partial charge in [0.2, 0.25) is 5.03 Å². The fourth-order valence-electron chi connectivity index (χ4n) is 1.47. The minimum atomic E-state index is -3.74. The largest absolute Gasteiger partial charge is 0.324 e. The predicted molar refractivity (Wildman–Crippen MR) is 73.7 cm³/mol. The molecule has 5 nitrogen and oxygen atoms in total. The summed E-state index contributed by atoms with van der Waals surface area (Å²) in [4.78, 5) is 3.77. The van der Waals surface area contributed by atoms with Crippen LogP contribution in [0.5, 0.6) is 0 Å². The second-order valence-electron chi connectivity index (χ2n) is 3.91. The SMILES string of the molecule is Cn1cnc(S(=O)(=O)NCc2cccc(Cl)c2)c1Cl. The van der Waals surface area contributed by atoms with Crippen molar-refractivity contribution < 1.29 is 8.42 Å². The molecule has 0 aliphatic heterocycles. The minimum absolute atomic E-state index is 0.0681. The molecule has 0 atom stereocenters. The molecule has 0 unspecified atom stereocenters. The maximum atomic E-state index is 12.0.